The normalized spacial score (nSPS) is 16.3. The molecule has 1 saturated heterocycles. The van der Waals surface area contributed by atoms with E-state index in [1.165, 1.54) is 6.92 Å². The van der Waals surface area contributed by atoms with Crippen LogP contribution in [0.2, 0.25) is 0 Å². The molecule has 2 aromatic rings. The first-order chi connectivity index (χ1) is 12.9. The summed E-state index contributed by atoms with van der Waals surface area (Å²) in [7, 11) is 0. The number of carbonyl (C=O) groups is 3. The molecule has 1 atom stereocenters. The van der Waals surface area contributed by atoms with Crippen molar-refractivity contribution in [3.63, 3.8) is 0 Å². The highest BCUT2D eigenvalue weighted by Crippen LogP contribution is 2.27. The summed E-state index contributed by atoms with van der Waals surface area (Å²) in [6, 6.07) is 15.0. The van der Waals surface area contributed by atoms with Gasteiger partial charge in [-0.05, 0) is 36.2 Å². The average Bonchev–Trinajstić information content (AvgIpc) is 3.02. The maximum Gasteiger partial charge on any atom is 0.227 e. The van der Waals surface area contributed by atoms with Crippen molar-refractivity contribution in [2.75, 3.05) is 16.8 Å². The Morgan fingerprint density at radius 3 is 2.67 bits per heavy atom. The van der Waals surface area contributed by atoms with E-state index in [4.69, 9.17) is 0 Å². The number of hydrogen-bond donors (Lipinski definition) is 2. The molecule has 0 radical (unpaired) electrons. The molecule has 1 aliphatic rings. The molecule has 1 heterocycles. The van der Waals surface area contributed by atoms with Crippen molar-refractivity contribution in [3.05, 3.63) is 59.7 Å². The van der Waals surface area contributed by atoms with Crippen molar-refractivity contribution in [2.45, 2.75) is 26.8 Å². The van der Waals surface area contributed by atoms with E-state index in [-0.39, 0.29) is 30.1 Å². The molecule has 1 unspecified atom stereocenters. The molecule has 3 rings (SSSR count). The van der Waals surface area contributed by atoms with Gasteiger partial charge in [0.25, 0.3) is 0 Å². The van der Waals surface area contributed by atoms with Crippen molar-refractivity contribution in [3.8, 4) is 0 Å². The second-order valence-electron chi connectivity index (χ2n) is 6.78. The summed E-state index contributed by atoms with van der Waals surface area (Å²) in [4.78, 5) is 37.7. The predicted octanol–water partition coefficient (Wildman–Crippen LogP) is 2.62. The van der Waals surface area contributed by atoms with E-state index in [9.17, 15) is 14.4 Å². The van der Waals surface area contributed by atoms with E-state index in [0.29, 0.717) is 24.5 Å². The largest absolute Gasteiger partial charge is 0.352 e. The van der Waals surface area contributed by atoms with Crippen LogP contribution in [0.5, 0.6) is 0 Å². The Labute approximate surface area is 158 Å². The SMILES string of the molecule is CC(=O)Nc1cccc(N2CC(C(=O)NCc3ccccc3C)CC2=O)c1. The van der Waals surface area contributed by atoms with Crippen LogP contribution in [0.4, 0.5) is 11.4 Å². The monoisotopic (exact) mass is 365 g/mol. The molecule has 3 amide bonds. The van der Waals surface area contributed by atoms with E-state index < -0.39 is 0 Å². The van der Waals surface area contributed by atoms with Crippen molar-refractivity contribution < 1.29 is 14.4 Å². The van der Waals surface area contributed by atoms with Crippen LogP contribution in [-0.4, -0.2) is 24.3 Å². The minimum Gasteiger partial charge on any atom is -0.352 e. The Morgan fingerprint density at radius 1 is 1.15 bits per heavy atom. The van der Waals surface area contributed by atoms with Gasteiger partial charge in [-0.2, -0.15) is 0 Å². The van der Waals surface area contributed by atoms with Crippen molar-refractivity contribution in [1.29, 1.82) is 0 Å². The molecule has 2 aromatic carbocycles. The molecule has 1 fully saturated rings. The van der Waals surface area contributed by atoms with E-state index in [2.05, 4.69) is 10.6 Å². The standard InChI is InChI=1S/C21H23N3O3/c1-14-6-3-4-7-16(14)12-22-21(27)17-10-20(26)24(13-17)19-9-5-8-18(11-19)23-15(2)25/h3-9,11,17H,10,12-13H2,1-2H3,(H,22,27)(H,23,25). The van der Waals surface area contributed by atoms with Gasteiger partial charge in [-0.1, -0.05) is 30.3 Å². The Hall–Kier alpha value is -3.15. The topological polar surface area (TPSA) is 78.5 Å². The Kier molecular flexibility index (Phi) is 5.54. The van der Waals surface area contributed by atoms with E-state index in [0.717, 1.165) is 11.1 Å². The number of anilines is 2. The lowest BCUT2D eigenvalue weighted by Gasteiger charge is -2.18. The highest BCUT2D eigenvalue weighted by Gasteiger charge is 2.35. The zero-order valence-corrected chi connectivity index (χ0v) is 15.5. The highest BCUT2D eigenvalue weighted by molar-refractivity contribution is 6.01. The molecular formula is C21H23N3O3. The minimum atomic E-state index is -0.383. The van der Waals surface area contributed by atoms with Gasteiger partial charge in [0, 0.05) is 37.8 Å². The molecule has 140 valence electrons. The van der Waals surface area contributed by atoms with Crippen molar-refractivity contribution in [2.24, 2.45) is 5.92 Å². The Morgan fingerprint density at radius 2 is 1.93 bits per heavy atom. The summed E-state index contributed by atoms with van der Waals surface area (Å²) in [5, 5.41) is 5.64. The zero-order valence-electron chi connectivity index (χ0n) is 15.5. The third-order valence-corrected chi connectivity index (χ3v) is 4.69. The number of carbonyl (C=O) groups excluding carboxylic acids is 3. The van der Waals surface area contributed by atoms with Crippen LogP contribution in [0.1, 0.15) is 24.5 Å². The molecule has 6 nitrogen and oxygen atoms in total. The van der Waals surface area contributed by atoms with Gasteiger partial charge in [0.1, 0.15) is 0 Å². The molecule has 0 spiro atoms. The molecule has 0 saturated carbocycles. The fraction of sp³-hybridized carbons (Fsp3) is 0.286. The highest BCUT2D eigenvalue weighted by atomic mass is 16.2. The fourth-order valence-electron chi connectivity index (χ4n) is 3.22. The molecular weight excluding hydrogens is 342 g/mol. The summed E-state index contributed by atoms with van der Waals surface area (Å²) in [6.45, 7) is 4.23. The van der Waals surface area contributed by atoms with E-state index >= 15 is 0 Å². The number of aryl methyl sites for hydroxylation is 1. The number of rotatable bonds is 5. The summed E-state index contributed by atoms with van der Waals surface area (Å²) >= 11 is 0. The van der Waals surface area contributed by atoms with Crippen LogP contribution >= 0.6 is 0 Å². The minimum absolute atomic E-state index is 0.0917. The van der Waals surface area contributed by atoms with Gasteiger partial charge in [0.05, 0.1) is 5.92 Å². The molecule has 27 heavy (non-hydrogen) atoms. The summed E-state index contributed by atoms with van der Waals surface area (Å²) in [6.07, 6.45) is 0.184. The first kappa shape index (κ1) is 18.6. The van der Waals surface area contributed by atoms with Gasteiger partial charge in [-0.3, -0.25) is 14.4 Å². The number of benzene rings is 2. The van der Waals surface area contributed by atoms with E-state index in [1.807, 2.05) is 31.2 Å². The molecule has 1 aliphatic heterocycles. The maximum atomic E-state index is 12.5. The third-order valence-electron chi connectivity index (χ3n) is 4.69. The molecule has 6 heteroatoms. The summed E-state index contributed by atoms with van der Waals surface area (Å²) in [5.74, 6) is -0.766. The average molecular weight is 365 g/mol. The second-order valence-corrected chi connectivity index (χ2v) is 6.78. The second kappa shape index (κ2) is 8.03. The molecule has 2 N–H and O–H groups in total. The van der Waals surface area contributed by atoms with Gasteiger partial charge >= 0.3 is 0 Å². The van der Waals surface area contributed by atoms with Gasteiger partial charge in [-0.25, -0.2) is 0 Å². The quantitative estimate of drug-likeness (QED) is 0.855. The number of nitrogens with one attached hydrogen (secondary N) is 2. The first-order valence-corrected chi connectivity index (χ1v) is 8.94. The van der Waals surface area contributed by atoms with Crippen LogP contribution in [0.15, 0.2) is 48.5 Å². The lowest BCUT2D eigenvalue weighted by Crippen LogP contribution is -2.32. The van der Waals surface area contributed by atoms with Crippen LogP contribution in [0.3, 0.4) is 0 Å². The number of amides is 3. The van der Waals surface area contributed by atoms with Crippen LogP contribution in [-0.2, 0) is 20.9 Å². The molecule has 0 aliphatic carbocycles. The third kappa shape index (κ3) is 4.53. The molecule has 0 aromatic heterocycles. The summed E-state index contributed by atoms with van der Waals surface area (Å²) in [5.41, 5.74) is 3.49. The fourth-order valence-corrected chi connectivity index (χ4v) is 3.22. The Bertz CT molecular complexity index is 878. The van der Waals surface area contributed by atoms with Crippen molar-refractivity contribution in [1.82, 2.24) is 5.32 Å². The summed E-state index contributed by atoms with van der Waals surface area (Å²) < 4.78 is 0. The van der Waals surface area contributed by atoms with Gasteiger partial charge < -0.3 is 15.5 Å². The smallest absolute Gasteiger partial charge is 0.227 e. The van der Waals surface area contributed by atoms with Gasteiger partial charge in [-0.15, -0.1) is 0 Å². The predicted molar refractivity (Wildman–Crippen MR) is 104 cm³/mol. The van der Waals surface area contributed by atoms with Crippen LogP contribution in [0.25, 0.3) is 0 Å². The number of hydrogen-bond acceptors (Lipinski definition) is 3. The molecule has 0 bridgehead atoms. The van der Waals surface area contributed by atoms with Crippen LogP contribution < -0.4 is 15.5 Å². The Balaban J connectivity index is 1.64. The maximum absolute atomic E-state index is 12.5. The lowest BCUT2D eigenvalue weighted by atomic mass is 10.1. The van der Waals surface area contributed by atoms with Gasteiger partial charge in [0.2, 0.25) is 17.7 Å². The number of nitrogens with zero attached hydrogens (tertiary/aromatic N) is 1. The lowest BCUT2D eigenvalue weighted by molar-refractivity contribution is -0.126. The first-order valence-electron chi connectivity index (χ1n) is 8.94. The van der Waals surface area contributed by atoms with Gasteiger partial charge in [0.15, 0.2) is 0 Å². The van der Waals surface area contributed by atoms with Crippen molar-refractivity contribution >= 4 is 29.1 Å². The zero-order chi connectivity index (χ0) is 19.4. The van der Waals surface area contributed by atoms with E-state index in [1.54, 1.807) is 29.2 Å². The van der Waals surface area contributed by atoms with Crippen LogP contribution in [0, 0.1) is 12.8 Å².